The molecule has 3 heterocycles. The summed E-state index contributed by atoms with van der Waals surface area (Å²) in [5.74, 6) is 0.225. The number of rotatable bonds is 4. The lowest BCUT2D eigenvalue weighted by atomic mass is 9.87. The van der Waals surface area contributed by atoms with Gasteiger partial charge in [0.05, 0.1) is 6.54 Å². The van der Waals surface area contributed by atoms with Crippen LogP contribution >= 0.6 is 0 Å². The van der Waals surface area contributed by atoms with E-state index in [1.807, 2.05) is 0 Å². The molecule has 1 unspecified atom stereocenters. The van der Waals surface area contributed by atoms with E-state index in [0.717, 1.165) is 13.1 Å². The number of aliphatic hydroxyl groups excluding tert-OH is 1. The summed E-state index contributed by atoms with van der Waals surface area (Å²) in [7, 11) is 1.67. The predicted molar refractivity (Wildman–Crippen MR) is 139 cm³/mol. The third kappa shape index (κ3) is 4.39. The number of nitrogens with zero attached hydrogens (tertiary/aromatic N) is 5. The Balaban J connectivity index is 1.45. The van der Waals surface area contributed by atoms with E-state index in [2.05, 4.69) is 60.2 Å². The molecule has 0 saturated carbocycles. The molecule has 1 fully saturated rings. The topological polar surface area (TPSA) is 76.9 Å². The van der Waals surface area contributed by atoms with Crippen molar-refractivity contribution in [2.75, 3.05) is 47.9 Å². The van der Waals surface area contributed by atoms with Crippen molar-refractivity contribution in [3.8, 4) is 0 Å². The lowest BCUT2D eigenvalue weighted by molar-refractivity contribution is 0.0746. The Morgan fingerprint density at radius 1 is 1.06 bits per heavy atom. The molecule has 5 rings (SSSR count). The fourth-order valence-corrected chi connectivity index (χ4v) is 4.82. The minimum atomic E-state index is -1.17. The largest absolute Gasteiger partial charge is 0.368 e. The number of halogens is 1. The number of carbonyl (C=O) groups excluding carboxylic acids is 1. The van der Waals surface area contributed by atoms with Gasteiger partial charge in [-0.25, -0.2) is 4.39 Å². The lowest BCUT2D eigenvalue weighted by Crippen LogP contribution is -2.51. The summed E-state index contributed by atoms with van der Waals surface area (Å²) < 4.78 is 16.3. The van der Waals surface area contributed by atoms with Crippen LogP contribution in [-0.4, -0.2) is 60.1 Å². The van der Waals surface area contributed by atoms with Gasteiger partial charge >= 0.3 is 0 Å². The Morgan fingerprint density at radius 3 is 2.44 bits per heavy atom. The van der Waals surface area contributed by atoms with Crippen LogP contribution in [0.25, 0.3) is 0 Å². The molecule has 0 radical (unpaired) electrons. The van der Waals surface area contributed by atoms with Gasteiger partial charge in [0.2, 0.25) is 12.3 Å². The standard InChI is InChI=1S/C27H33FN6O2/c1-27(2,3)19-9-7-10-20(16-19)32-12-14-33(15-13-32)25-29-23-22(24(35)30-26(36)31(23)4)34(25)17-18-8-5-6-11-21(18)28/h5-11,16,26,36H,12-15,17H2,1-4H3,(H,30,35). The first-order valence-electron chi connectivity index (χ1n) is 12.3. The van der Waals surface area contributed by atoms with Crippen LogP contribution in [0.3, 0.4) is 0 Å². The first kappa shape index (κ1) is 24.1. The molecular weight excluding hydrogens is 459 g/mol. The fraction of sp³-hybridized carbons (Fsp3) is 0.407. The van der Waals surface area contributed by atoms with Crippen LogP contribution < -0.4 is 20.0 Å². The van der Waals surface area contributed by atoms with Crippen LogP contribution in [-0.2, 0) is 12.0 Å². The van der Waals surface area contributed by atoms with Crippen molar-refractivity contribution < 1.29 is 14.3 Å². The zero-order chi connectivity index (χ0) is 25.6. The number of hydrogen-bond acceptors (Lipinski definition) is 6. The van der Waals surface area contributed by atoms with Crippen molar-refractivity contribution in [1.29, 1.82) is 0 Å². The van der Waals surface area contributed by atoms with Gasteiger partial charge < -0.3 is 25.1 Å². The van der Waals surface area contributed by atoms with Gasteiger partial charge in [-0.1, -0.05) is 51.1 Å². The molecule has 2 aliphatic heterocycles. The third-order valence-electron chi connectivity index (χ3n) is 7.03. The SMILES string of the molecule is CN1c2nc(N3CCN(c4cccc(C(C)(C)C)c4)CC3)n(Cc3ccccc3F)c2C(=O)NC1O. The number of benzene rings is 2. The number of carbonyl (C=O) groups is 1. The summed E-state index contributed by atoms with van der Waals surface area (Å²) >= 11 is 0. The summed E-state index contributed by atoms with van der Waals surface area (Å²) in [5, 5.41) is 12.8. The second-order valence-electron chi connectivity index (χ2n) is 10.5. The second-order valence-corrected chi connectivity index (χ2v) is 10.5. The van der Waals surface area contributed by atoms with E-state index >= 15 is 0 Å². The van der Waals surface area contributed by atoms with E-state index in [1.165, 1.54) is 22.2 Å². The van der Waals surface area contributed by atoms with E-state index in [9.17, 15) is 14.3 Å². The monoisotopic (exact) mass is 492 g/mol. The number of fused-ring (bicyclic) bond motifs is 1. The Hall–Kier alpha value is -3.59. The van der Waals surface area contributed by atoms with Crippen LogP contribution in [0.5, 0.6) is 0 Å². The molecular formula is C27H33FN6O2. The molecule has 0 spiro atoms. The molecule has 8 nitrogen and oxygen atoms in total. The highest BCUT2D eigenvalue weighted by Gasteiger charge is 2.36. The van der Waals surface area contributed by atoms with E-state index in [0.29, 0.717) is 36.1 Å². The molecule has 2 N–H and O–H groups in total. The molecule has 9 heteroatoms. The van der Waals surface area contributed by atoms with Crippen molar-refractivity contribution in [3.63, 3.8) is 0 Å². The molecule has 36 heavy (non-hydrogen) atoms. The van der Waals surface area contributed by atoms with Crippen LogP contribution in [0.1, 0.15) is 42.4 Å². The number of aliphatic hydroxyl groups is 1. The first-order chi connectivity index (χ1) is 17.1. The number of amides is 1. The lowest BCUT2D eigenvalue weighted by Gasteiger charge is -2.37. The maximum Gasteiger partial charge on any atom is 0.275 e. The van der Waals surface area contributed by atoms with Crippen molar-refractivity contribution in [1.82, 2.24) is 14.9 Å². The van der Waals surface area contributed by atoms with E-state index < -0.39 is 12.3 Å². The van der Waals surface area contributed by atoms with Gasteiger partial charge in [-0.2, -0.15) is 4.98 Å². The number of nitrogens with one attached hydrogen (secondary N) is 1. The van der Waals surface area contributed by atoms with Crippen LogP contribution in [0.15, 0.2) is 48.5 Å². The summed E-state index contributed by atoms with van der Waals surface area (Å²) in [6, 6.07) is 15.2. The highest BCUT2D eigenvalue weighted by molar-refractivity contribution is 6.00. The number of imidazole rings is 1. The molecule has 1 saturated heterocycles. The van der Waals surface area contributed by atoms with E-state index in [-0.39, 0.29) is 17.8 Å². The maximum absolute atomic E-state index is 14.6. The zero-order valence-electron chi connectivity index (χ0n) is 21.2. The van der Waals surface area contributed by atoms with Gasteiger partial charge in [-0.05, 0) is 29.2 Å². The number of anilines is 3. The third-order valence-corrected chi connectivity index (χ3v) is 7.03. The Kier molecular flexibility index (Phi) is 6.12. The summed E-state index contributed by atoms with van der Waals surface area (Å²) in [5.41, 5.74) is 3.35. The Morgan fingerprint density at radius 2 is 1.75 bits per heavy atom. The predicted octanol–water partition coefficient (Wildman–Crippen LogP) is 3.15. The summed E-state index contributed by atoms with van der Waals surface area (Å²) in [6.07, 6.45) is -1.17. The maximum atomic E-state index is 14.6. The van der Waals surface area contributed by atoms with Crippen molar-refractivity contribution in [3.05, 3.63) is 71.2 Å². The quantitative estimate of drug-likeness (QED) is 0.583. The Bertz CT molecular complexity index is 1280. The van der Waals surface area contributed by atoms with Crippen molar-refractivity contribution in [2.24, 2.45) is 0 Å². The minimum absolute atomic E-state index is 0.0749. The van der Waals surface area contributed by atoms with Gasteiger partial charge in [0.25, 0.3) is 5.91 Å². The summed E-state index contributed by atoms with van der Waals surface area (Å²) in [6.45, 7) is 9.77. The molecule has 1 aromatic heterocycles. The van der Waals surface area contributed by atoms with E-state index in [4.69, 9.17) is 4.98 Å². The van der Waals surface area contributed by atoms with Crippen molar-refractivity contribution in [2.45, 2.75) is 39.1 Å². The highest BCUT2D eigenvalue weighted by atomic mass is 19.1. The average molecular weight is 493 g/mol. The molecule has 2 aliphatic rings. The molecule has 0 bridgehead atoms. The molecule has 0 aliphatic carbocycles. The number of piperazine rings is 1. The molecule has 1 amide bonds. The zero-order valence-corrected chi connectivity index (χ0v) is 21.2. The number of hydrogen-bond donors (Lipinski definition) is 2. The Labute approximate surface area is 211 Å². The first-order valence-corrected chi connectivity index (χ1v) is 12.3. The molecule has 1 atom stereocenters. The fourth-order valence-electron chi connectivity index (χ4n) is 4.82. The van der Waals surface area contributed by atoms with Gasteiger partial charge in [-0.3, -0.25) is 9.36 Å². The normalized spacial score (nSPS) is 18.3. The van der Waals surface area contributed by atoms with E-state index in [1.54, 1.807) is 29.8 Å². The highest BCUT2D eigenvalue weighted by Crippen LogP contribution is 2.32. The van der Waals surface area contributed by atoms with Crippen LogP contribution in [0.4, 0.5) is 21.8 Å². The smallest absolute Gasteiger partial charge is 0.275 e. The minimum Gasteiger partial charge on any atom is -0.368 e. The van der Waals surface area contributed by atoms with Gasteiger partial charge in [0.1, 0.15) is 5.82 Å². The average Bonchev–Trinajstić information content (AvgIpc) is 3.23. The van der Waals surface area contributed by atoms with Gasteiger partial charge in [0.15, 0.2) is 11.5 Å². The molecule has 190 valence electrons. The summed E-state index contributed by atoms with van der Waals surface area (Å²) in [4.78, 5) is 23.7. The van der Waals surface area contributed by atoms with Gasteiger partial charge in [-0.15, -0.1) is 0 Å². The van der Waals surface area contributed by atoms with Crippen molar-refractivity contribution >= 4 is 23.4 Å². The van der Waals surface area contributed by atoms with Crippen LogP contribution in [0, 0.1) is 5.82 Å². The van der Waals surface area contributed by atoms with Crippen LogP contribution in [0.2, 0.25) is 0 Å². The molecule has 3 aromatic rings. The van der Waals surface area contributed by atoms with Gasteiger partial charge in [0, 0.05) is 44.5 Å². The second kappa shape index (κ2) is 9.13. The number of aromatic nitrogens is 2. The molecule has 2 aromatic carbocycles.